The van der Waals surface area contributed by atoms with Gasteiger partial charge in [-0.25, -0.2) is 0 Å². The molecule has 0 aromatic rings. The second kappa shape index (κ2) is 2.73. The van der Waals surface area contributed by atoms with E-state index in [1.54, 1.807) is 0 Å². The molecule has 0 bridgehead atoms. The fourth-order valence-electron chi connectivity index (χ4n) is 1.95. The molecule has 2 atom stereocenters. The second-order valence-corrected chi connectivity index (χ2v) is 3.83. The van der Waals surface area contributed by atoms with Crippen LogP contribution in [-0.4, -0.2) is 5.78 Å². The monoisotopic (exact) mass is 140 g/mol. The SMILES string of the molecule is CC(C)[C@@H]1CC(=O)C[C@@H]1C. The van der Waals surface area contributed by atoms with Gasteiger partial charge >= 0.3 is 0 Å². The lowest BCUT2D eigenvalue weighted by molar-refractivity contribution is -0.117. The molecule has 0 N–H and O–H groups in total. The molecule has 0 unspecified atom stereocenters. The Balaban J connectivity index is 2.54. The third-order valence-corrected chi connectivity index (χ3v) is 2.60. The molecular weight excluding hydrogens is 124 g/mol. The number of carbonyl (C=O) groups excluding carboxylic acids is 1. The highest BCUT2D eigenvalue weighted by atomic mass is 16.1. The fourth-order valence-corrected chi connectivity index (χ4v) is 1.95. The first-order valence-corrected chi connectivity index (χ1v) is 4.13. The van der Waals surface area contributed by atoms with Crippen LogP contribution in [0.15, 0.2) is 0 Å². The summed E-state index contributed by atoms with van der Waals surface area (Å²) >= 11 is 0. The Morgan fingerprint density at radius 2 is 2.00 bits per heavy atom. The number of Topliss-reactive ketones (excluding diaryl/α,β-unsaturated/α-hetero) is 1. The molecule has 0 saturated heterocycles. The zero-order chi connectivity index (χ0) is 7.72. The van der Waals surface area contributed by atoms with Crippen molar-refractivity contribution in [1.82, 2.24) is 0 Å². The zero-order valence-electron chi connectivity index (χ0n) is 7.05. The van der Waals surface area contributed by atoms with E-state index in [-0.39, 0.29) is 0 Å². The van der Waals surface area contributed by atoms with Crippen molar-refractivity contribution in [3.8, 4) is 0 Å². The quantitative estimate of drug-likeness (QED) is 0.546. The highest BCUT2D eigenvalue weighted by molar-refractivity contribution is 5.81. The average Bonchev–Trinajstić information content (AvgIpc) is 2.10. The van der Waals surface area contributed by atoms with Crippen LogP contribution in [0.3, 0.4) is 0 Å². The maximum Gasteiger partial charge on any atom is 0.133 e. The van der Waals surface area contributed by atoms with Gasteiger partial charge in [0.15, 0.2) is 0 Å². The molecule has 1 nitrogen and oxygen atoms in total. The molecule has 1 saturated carbocycles. The molecule has 0 aromatic heterocycles. The molecule has 0 radical (unpaired) electrons. The third kappa shape index (κ3) is 1.39. The molecule has 0 amide bonds. The number of carbonyl (C=O) groups is 1. The Kier molecular flexibility index (Phi) is 2.12. The van der Waals surface area contributed by atoms with E-state index < -0.39 is 0 Å². The lowest BCUT2D eigenvalue weighted by Gasteiger charge is -2.17. The van der Waals surface area contributed by atoms with Gasteiger partial charge in [-0.3, -0.25) is 4.79 Å². The van der Waals surface area contributed by atoms with Crippen LogP contribution in [0.2, 0.25) is 0 Å². The molecule has 10 heavy (non-hydrogen) atoms. The summed E-state index contributed by atoms with van der Waals surface area (Å²) in [5.41, 5.74) is 0. The second-order valence-electron chi connectivity index (χ2n) is 3.83. The highest BCUT2D eigenvalue weighted by Gasteiger charge is 2.31. The molecule has 0 heterocycles. The van der Waals surface area contributed by atoms with Crippen molar-refractivity contribution in [3.63, 3.8) is 0 Å². The smallest absolute Gasteiger partial charge is 0.133 e. The Labute approximate surface area is 62.8 Å². The Morgan fingerprint density at radius 3 is 2.20 bits per heavy atom. The molecular formula is C9H16O. The molecule has 1 fully saturated rings. The normalized spacial score (nSPS) is 33.8. The molecule has 1 aliphatic carbocycles. The minimum Gasteiger partial charge on any atom is -0.300 e. The lowest BCUT2D eigenvalue weighted by atomic mass is 9.87. The van der Waals surface area contributed by atoms with E-state index in [2.05, 4.69) is 20.8 Å². The summed E-state index contributed by atoms with van der Waals surface area (Å²) in [6, 6.07) is 0. The largest absolute Gasteiger partial charge is 0.300 e. The van der Waals surface area contributed by atoms with Gasteiger partial charge in [-0.1, -0.05) is 20.8 Å². The number of ketones is 1. The van der Waals surface area contributed by atoms with Crippen LogP contribution in [0.1, 0.15) is 33.6 Å². The van der Waals surface area contributed by atoms with Gasteiger partial charge in [-0.05, 0) is 17.8 Å². The predicted molar refractivity (Wildman–Crippen MR) is 41.7 cm³/mol. The minimum atomic E-state index is 0.464. The number of hydrogen-bond donors (Lipinski definition) is 0. The van der Waals surface area contributed by atoms with Crippen LogP contribution in [0.4, 0.5) is 0 Å². The van der Waals surface area contributed by atoms with Crippen LogP contribution in [0.5, 0.6) is 0 Å². The highest BCUT2D eigenvalue weighted by Crippen LogP contribution is 2.33. The Hall–Kier alpha value is -0.330. The van der Waals surface area contributed by atoms with Crippen LogP contribution in [-0.2, 0) is 4.79 Å². The molecule has 1 heteroatoms. The van der Waals surface area contributed by atoms with E-state index in [1.807, 2.05) is 0 Å². The van der Waals surface area contributed by atoms with E-state index >= 15 is 0 Å². The van der Waals surface area contributed by atoms with Crippen molar-refractivity contribution >= 4 is 5.78 Å². The van der Waals surface area contributed by atoms with E-state index in [0.717, 1.165) is 12.8 Å². The van der Waals surface area contributed by atoms with Crippen LogP contribution >= 0.6 is 0 Å². The van der Waals surface area contributed by atoms with Crippen molar-refractivity contribution < 1.29 is 4.79 Å². The van der Waals surface area contributed by atoms with Gasteiger partial charge < -0.3 is 0 Å². The van der Waals surface area contributed by atoms with Gasteiger partial charge in [-0.2, -0.15) is 0 Å². The topological polar surface area (TPSA) is 17.1 Å². The van der Waals surface area contributed by atoms with Gasteiger partial charge in [0, 0.05) is 12.8 Å². The molecule has 1 aliphatic rings. The van der Waals surface area contributed by atoms with Gasteiger partial charge in [0.1, 0.15) is 5.78 Å². The predicted octanol–water partition coefficient (Wildman–Crippen LogP) is 2.26. The molecule has 0 spiro atoms. The van der Waals surface area contributed by atoms with Crippen LogP contribution in [0, 0.1) is 17.8 Å². The number of hydrogen-bond acceptors (Lipinski definition) is 1. The van der Waals surface area contributed by atoms with Crippen molar-refractivity contribution in [3.05, 3.63) is 0 Å². The Morgan fingerprint density at radius 1 is 1.40 bits per heavy atom. The van der Waals surface area contributed by atoms with E-state index in [4.69, 9.17) is 0 Å². The van der Waals surface area contributed by atoms with Crippen molar-refractivity contribution in [2.45, 2.75) is 33.6 Å². The van der Waals surface area contributed by atoms with E-state index in [0.29, 0.717) is 23.5 Å². The van der Waals surface area contributed by atoms with Gasteiger partial charge in [0.2, 0.25) is 0 Å². The van der Waals surface area contributed by atoms with E-state index in [1.165, 1.54) is 0 Å². The maximum absolute atomic E-state index is 11.0. The minimum absolute atomic E-state index is 0.464. The van der Waals surface area contributed by atoms with Gasteiger partial charge in [-0.15, -0.1) is 0 Å². The van der Waals surface area contributed by atoms with Gasteiger partial charge in [0.05, 0.1) is 0 Å². The first-order chi connectivity index (χ1) is 4.61. The third-order valence-electron chi connectivity index (χ3n) is 2.60. The zero-order valence-corrected chi connectivity index (χ0v) is 7.05. The van der Waals surface area contributed by atoms with Crippen LogP contribution in [0.25, 0.3) is 0 Å². The summed E-state index contributed by atoms with van der Waals surface area (Å²) in [5.74, 6) is 2.44. The summed E-state index contributed by atoms with van der Waals surface area (Å²) < 4.78 is 0. The van der Waals surface area contributed by atoms with Crippen molar-refractivity contribution in [1.29, 1.82) is 0 Å². The van der Waals surface area contributed by atoms with Gasteiger partial charge in [0.25, 0.3) is 0 Å². The van der Waals surface area contributed by atoms with Crippen molar-refractivity contribution in [2.24, 2.45) is 17.8 Å². The Bertz CT molecular complexity index is 138. The van der Waals surface area contributed by atoms with Crippen LogP contribution < -0.4 is 0 Å². The summed E-state index contributed by atoms with van der Waals surface area (Å²) in [5, 5.41) is 0. The summed E-state index contributed by atoms with van der Waals surface area (Å²) in [6.07, 6.45) is 1.65. The molecule has 1 rings (SSSR count). The fraction of sp³-hybridized carbons (Fsp3) is 0.889. The number of rotatable bonds is 1. The van der Waals surface area contributed by atoms with E-state index in [9.17, 15) is 4.79 Å². The standard InChI is InChI=1S/C9H16O/c1-6(2)9-5-8(10)4-7(9)3/h6-7,9H,4-5H2,1-3H3/t7-,9-/m0/s1. The summed E-state index contributed by atoms with van der Waals surface area (Å²) in [6.45, 7) is 6.61. The first kappa shape index (κ1) is 7.77. The summed E-state index contributed by atoms with van der Waals surface area (Å²) in [7, 11) is 0. The first-order valence-electron chi connectivity index (χ1n) is 4.13. The molecule has 0 aliphatic heterocycles. The lowest BCUT2D eigenvalue weighted by Crippen LogP contribution is -2.10. The summed E-state index contributed by atoms with van der Waals surface area (Å²) in [4.78, 5) is 11.0. The van der Waals surface area contributed by atoms with Crippen molar-refractivity contribution in [2.75, 3.05) is 0 Å². The maximum atomic E-state index is 11.0. The molecule has 58 valence electrons. The molecule has 0 aromatic carbocycles. The average molecular weight is 140 g/mol.